The second kappa shape index (κ2) is 6.88. The highest BCUT2D eigenvalue weighted by atomic mass is 16.5. The number of hydrogen-bond acceptors (Lipinski definition) is 4. The highest BCUT2D eigenvalue weighted by Crippen LogP contribution is 2.27. The molecule has 0 spiro atoms. The maximum Gasteiger partial charge on any atom is 0.274 e. The summed E-state index contributed by atoms with van der Waals surface area (Å²) >= 11 is 0. The van der Waals surface area contributed by atoms with Crippen LogP contribution in [0.4, 0.5) is 0 Å². The summed E-state index contributed by atoms with van der Waals surface area (Å²) in [7, 11) is 1.64. The van der Waals surface area contributed by atoms with Crippen molar-refractivity contribution in [1.82, 2.24) is 20.0 Å². The van der Waals surface area contributed by atoms with E-state index < -0.39 is 0 Å². The van der Waals surface area contributed by atoms with Crippen molar-refractivity contribution in [1.29, 1.82) is 0 Å². The molecular weight excluding hydrogens is 316 g/mol. The summed E-state index contributed by atoms with van der Waals surface area (Å²) in [6.45, 7) is 3.85. The fourth-order valence-electron chi connectivity index (χ4n) is 3.90. The lowest BCUT2D eigenvalue weighted by molar-refractivity contribution is 0.0752. The number of nitrogens with zero attached hydrogens (tertiary/aromatic N) is 3. The SMILES string of the molecule is COc1ccc(-n2ccc(C(=O)N3CC[C@@H]4CNC[C@@H]4CC3)n2)cc1. The minimum Gasteiger partial charge on any atom is -0.497 e. The quantitative estimate of drug-likeness (QED) is 0.928. The third-order valence-electron chi connectivity index (χ3n) is 5.45. The average molecular weight is 340 g/mol. The summed E-state index contributed by atoms with van der Waals surface area (Å²) in [6, 6.07) is 9.44. The first-order valence-electron chi connectivity index (χ1n) is 8.94. The molecule has 1 aromatic heterocycles. The first-order valence-corrected chi connectivity index (χ1v) is 8.94. The summed E-state index contributed by atoms with van der Waals surface area (Å²) in [6.07, 6.45) is 4.01. The maximum atomic E-state index is 12.8. The number of fused-ring (bicyclic) bond motifs is 1. The second-order valence-electron chi connectivity index (χ2n) is 6.89. The van der Waals surface area contributed by atoms with Gasteiger partial charge in [0, 0.05) is 19.3 Å². The van der Waals surface area contributed by atoms with Gasteiger partial charge in [0.05, 0.1) is 12.8 Å². The molecule has 1 amide bonds. The Morgan fingerprint density at radius 3 is 2.44 bits per heavy atom. The monoisotopic (exact) mass is 340 g/mol. The lowest BCUT2D eigenvalue weighted by Crippen LogP contribution is -2.33. The number of amides is 1. The highest BCUT2D eigenvalue weighted by molar-refractivity contribution is 5.92. The Bertz CT molecular complexity index is 726. The van der Waals surface area contributed by atoms with Gasteiger partial charge in [-0.15, -0.1) is 0 Å². The molecule has 0 radical (unpaired) electrons. The van der Waals surface area contributed by atoms with E-state index in [0.717, 1.165) is 62.3 Å². The maximum absolute atomic E-state index is 12.8. The van der Waals surface area contributed by atoms with E-state index in [1.165, 1.54) is 0 Å². The van der Waals surface area contributed by atoms with Crippen LogP contribution in [-0.2, 0) is 0 Å². The van der Waals surface area contributed by atoms with Crippen LogP contribution in [-0.4, -0.2) is 53.9 Å². The number of benzene rings is 1. The van der Waals surface area contributed by atoms with Crippen LogP contribution in [0.1, 0.15) is 23.3 Å². The van der Waals surface area contributed by atoms with Gasteiger partial charge >= 0.3 is 0 Å². The summed E-state index contributed by atoms with van der Waals surface area (Å²) in [4.78, 5) is 14.8. The molecule has 0 unspecified atom stereocenters. The number of rotatable bonds is 3. The number of hydrogen-bond donors (Lipinski definition) is 1. The molecule has 2 aliphatic rings. The van der Waals surface area contributed by atoms with Crippen LogP contribution in [0.5, 0.6) is 5.75 Å². The Morgan fingerprint density at radius 1 is 1.12 bits per heavy atom. The van der Waals surface area contributed by atoms with E-state index in [9.17, 15) is 4.79 Å². The van der Waals surface area contributed by atoms with Crippen LogP contribution in [0, 0.1) is 11.8 Å². The van der Waals surface area contributed by atoms with E-state index in [1.54, 1.807) is 17.9 Å². The van der Waals surface area contributed by atoms with Crippen molar-refractivity contribution < 1.29 is 9.53 Å². The first kappa shape index (κ1) is 16.1. The smallest absolute Gasteiger partial charge is 0.274 e. The molecule has 132 valence electrons. The van der Waals surface area contributed by atoms with E-state index in [1.807, 2.05) is 35.4 Å². The van der Waals surface area contributed by atoms with Gasteiger partial charge in [-0.05, 0) is 68.1 Å². The van der Waals surface area contributed by atoms with E-state index in [-0.39, 0.29) is 5.91 Å². The molecule has 2 fully saturated rings. The van der Waals surface area contributed by atoms with Gasteiger partial charge in [0.25, 0.3) is 5.91 Å². The van der Waals surface area contributed by atoms with Crippen LogP contribution in [0.25, 0.3) is 5.69 Å². The number of methoxy groups -OCH3 is 1. The average Bonchev–Trinajstić information content (AvgIpc) is 3.27. The van der Waals surface area contributed by atoms with Crippen molar-refractivity contribution in [3.8, 4) is 11.4 Å². The first-order chi connectivity index (χ1) is 12.2. The van der Waals surface area contributed by atoms with Gasteiger partial charge in [-0.25, -0.2) is 4.68 Å². The summed E-state index contributed by atoms with van der Waals surface area (Å²) in [5, 5.41) is 7.96. The number of carbonyl (C=O) groups is 1. The summed E-state index contributed by atoms with van der Waals surface area (Å²) in [5.41, 5.74) is 1.43. The largest absolute Gasteiger partial charge is 0.497 e. The van der Waals surface area contributed by atoms with Crippen LogP contribution in [0.2, 0.25) is 0 Å². The fraction of sp³-hybridized carbons (Fsp3) is 0.474. The van der Waals surface area contributed by atoms with Gasteiger partial charge in [0.1, 0.15) is 5.75 Å². The molecule has 2 aromatic rings. The van der Waals surface area contributed by atoms with Gasteiger partial charge in [-0.1, -0.05) is 0 Å². The van der Waals surface area contributed by atoms with E-state index in [4.69, 9.17) is 4.74 Å². The predicted molar refractivity (Wildman–Crippen MR) is 95.1 cm³/mol. The summed E-state index contributed by atoms with van der Waals surface area (Å²) < 4.78 is 6.92. The summed E-state index contributed by atoms with van der Waals surface area (Å²) in [5.74, 6) is 2.28. The van der Waals surface area contributed by atoms with Crippen LogP contribution in [0.15, 0.2) is 36.5 Å². The van der Waals surface area contributed by atoms with Gasteiger partial charge < -0.3 is 15.0 Å². The lowest BCUT2D eigenvalue weighted by atomic mass is 9.92. The van der Waals surface area contributed by atoms with Crippen molar-refractivity contribution >= 4 is 5.91 Å². The van der Waals surface area contributed by atoms with E-state index in [2.05, 4.69) is 10.4 Å². The van der Waals surface area contributed by atoms with Crippen molar-refractivity contribution in [3.63, 3.8) is 0 Å². The topological polar surface area (TPSA) is 59.4 Å². The molecule has 2 atom stereocenters. The fourth-order valence-corrected chi connectivity index (χ4v) is 3.90. The van der Waals surface area contributed by atoms with Gasteiger partial charge in [0.2, 0.25) is 0 Å². The van der Waals surface area contributed by atoms with Crippen molar-refractivity contribution in [3.05, 3.63) is 42.2 Å². The molecule has 6 nitrogen and oxygen atoms in total. The normalized spacial score (nSPS) is 23.2. The number of carbonyl (C=O) groups excluding carboxylic acids is 1. The zero-order valence-corrected chi connectivity index (χ0v) is 14.5. The Kier molecular flexibility index (Phi) is 4.44. The number of likely N-dealkylation sites (tertiary alicyclic amines) is 1. The van der Waals surface area contributed by atoms with Crippen LogP contribution >= 0.6 is 0 Å². The van der Waals surface area contributed by atoms with Crippen molar-refractivity contribution in [2.45, 2.75) is 12.8 Å². The van der Waals surface area contributed by atoms with Gasteiger partial charge in [-0.3, -0.25) is 4.79 Å². The molecule has 2 saturated heterocycles. The van der Waals surface area contributed by atoms with Crippen LogP contribution in [0.3, 0.4) is 0 Å². The third-order valence-corrected chi connectivity index (χ3v) is 5.45. The van der Waals surface area contributed by atoms with Gasteiger partial charge in [0.15, 0.2) is 5.69 Å². The van der Waals surface area contributed by atoms with Crippen molar-refractivity contribution in [2.75, 3.05) is 33.3 Å². The molecule has 0 bridgehead atoms. The van der Waals surface area contributed by atoms with Crippen LogP contribution < -0.4 is 10.1 Å². The van der Waals surface area contributed by atoms with E-state index in [0.29, 0.717) is 5.69 Å². The molecule has 6 heteroatoms. The molecule has 1 N–H and O–H groups in total. The molecule has 3 heterocycles. The molecule has 0 aliphatic carbocycles. The second-order valence-corrected chi connectivity index (χ2v) is 6.89. The minimum atomic E-state index is 0.0418. The molecule has 4 rings (SSSR count). The number of nitrogens with one attached hydrogen (secondary N) is 1. The number of ether oxygens (including phenoxy) is 1. The molecule has 1 aromatic carbocycles. The third kappa shape index (κ3) is 3.26. The standard InChI is InChI=1S/C19H24N4O2/c1-25-17-4-2-16(3-5-17)23-11-8-18(21-23)19(24)22-9-6-14-12-20-13-15(14)7-10-22/h2-5,8,11,14-15,20H,6-7,9-10,12-13H2,1H3/t14-,15+. The molecule has 25 heavy (non-hydrogen) atoms. The lowest BCUT2D eigenvalue weighted by Gasteiger charge is -2.19. The molecule has 2 aliphatic heterocycles. The zero-order chi connectivity index (χ0) is 17.2. The van der Waals surface area contributed by atoms with Crippen molar-refractivity contribution in [2.24, 2.45) is 11.8 Å². The minimum absolute atomic E-state index is 0.0418. The predicted octanol–water partition coefficient (Wildman–Crippen LogP) is 1.95. The Balaban J connectivity index is 1.46. The van der Waals surface area contributed by atoms with E-state index >= 15 is 0 Å². The highest BCUT2D eigenvalue weighted by Gasteiger charge is 2.32. The molecule has 0 saturated carbocycles. The van der Waals surface area contributed by atoms with Gasteiger partial charge in [-0.2, -0.15) is 5.10 Å². The Hall–Kier alpha value is -2.34. The zero-order valence-electron chi connectivity index (χ0n) is 14.5. The Labute approximate surface area is 147 Å². The Morgan fingerprint density at radius 2 is 1.80 bits per heavy atom. The molecular formula is C19H24N4O2. The number of aromatic nitrogens is 2.